The minimum Gasteiger partial charge on any atom is -0.497 e. The third-order valence-corrected chi connectivity index (χ3v) is 4.36. The molecule has 0 radical (unpaired) electrons. The Labute approximate surface area is 140 Å². The third-order valence-electron chi connectivity index (χ3n) is 4.36. The van der Waals surface area contributed by atoms with Gasteiger partial charge in [0.25, 0.3) is 5.91 Å². The lowest BCUT2D eigenvalue weighted by atomic mass is 10.2. The van der Waals surface area contributed by atoms with Gasteiger partial charge in [-0.1, -0.05) is 0 Å². The summed E-state index contributed by atoms with van der Waals surface area (Å²) in [5.41, 5.74) is 0.528. The number of benzene rings is 1. The van der Waals surface area contributed by atoms with Crippen LogP contribution in [0.25, 0.3) is 0 Å². The van der Waals surface area contributed by atoms with Crippen molar-refractivity contribution >= 4 is 23.4 Å². The number of hydrogen-bond acceptors (Lipinski definition) is 5. The van der Waals surface area contributed by atoms with Gasteiger partial charge in [0.1, 0.15) is 5.75 Å². The number of hydrogen-bond donors (Lipinski definition) is 2. The molecular weight excluding hydrogens is 310 g/mol. The summed E-state index contributed by atoms with van der Waals surface area (Å²) in [6, 6.07) is 6.18. The van der Waals surface area contributed by atoms with E-state index < -0.39 is 6.04 Å². The number of nitrogens with zero attached hydrogens (tertiary/aromatic N) is 1. The van der Waals surface area contributed by atoms with Crippen LogP contribution in [0.5, 0.6) is 5.75 Å². The highest BCUT2D eigenvalue weighted by Crippen LogP contribution is 2.25. The predicted molar refractivity (Wildman–Crippen MR) is 87.4 cm³/mol. The van der Waals surface area contributed by atoms with E-state index >= 15 is 0 Å². The first kappa shape index (κ1) is 16.4. The summed E-state index contributed by atoms with van der Waals surface area (Å²) in [4.78, 5) is 37.7. The van der Waals surface area contributed by atoms with E-state index in [9.17, 15) is 14.4 Å². The summed E-state index contributed by atoms with van der Waals surface area (Å²) in [5, 5.41) is 5.98. The maximum absolute atomic E-state index is 12.6. The second-order valence-corrected chi connectivity index (χ2v) is 6.05. The Hall–Kier alpha value is -2.41. The van der Waals surface area contributed by atoms with Crippen LogP contribution in [0, 0.1) is 0 Å². The average molecular weight is 331 g/mol. The van der Waals surface area contributed by atoms with Crippen LogP contribution in [0.3, 0.4) is 0 Å². The van der Waals surface area contributed by atoms with Crippen LogP contribution in [-0.2, 0) is 14.4 Å². The second kappa shape index (κ2) is 7.00. The lowest BCUT2D eigenvalue weighted by molar-refractivity contribution is -0.123. The minimum atomic E-state index is -0.608. The van der Waals surface area contributed by atoms with Crippen molar-refractivity contribution in [2.75, 3.05) is 12.0 Å². The van der Waals surface area contributed by atoms with E-state index in [0.717, 1.165) is 19.3 Å². The molecule has 2 atom stereocenters. The van der Waals surface area contributed by atoms with E-state index in [-0.39, 0.29) is 30.3 Å². The van der Waals surface area contributed by atoms with Crippen molar-refractivity contribution in [1.82, 2.24) is 10.6 Å². The van der Waals surface area contributed by atoms with Gasteiger partial charge in [0, 0.05) is 6.42 Å². The molecule has 1 aromatic carbocycles. The van der Waals surface area contributed by atoms with Crippen LogP contribution in [0.4, 0.5) is 5.69 Å². The van der Waals surface area contributed by atoms with Gasteiger partial charge in [-0.15, -0.1) is 0 Å². The van der Waals surface area contributed by atoms with E-state index in [1.54, 1.807) is 31.4 Å². The number of methoxy groups -OCH3 is 1. The van der Waals surface area contributed by atoms with Crippen molar-refractivity contribution in [3.8, 4) is 5.75 Å². The van der Waals surface area contributed by atoms with Gasteiger partial charge in [0.05, 0.1) is 31.4 Å². The fourth-order valence-electron chi connectivity index (χ4n) is 3.11. The molecule has 2 aliphatic heterocycles. The molecular formula is C17H21N3O4. The normalized spacial score (nSPS) is 24.7. The molecule has 24 heavy (non-hydrogen) atoms. The Morgan fingerprint density at radius 3 is 2.62 bits per heavy atom. The van der Waals surface area contributed by atoms with Gasteiger partial charge in [-0.3, -0.25) is 19.7 Å². The number of imide groups is 1. The molecule has 128 valence electrons. The van der Waals surface area contributed by atoms with E-state index in [2.05, 4.69) is 10.6 Å². The van der Waals surface area contributed by atoms with Gasteiger partial charge in [-0.05, 0) is 43.5 Å². The highest BCUT2D eigenvalue weighted by molar-refractivity contribution is 6.22. The average Bonchev–Trinajstić information content (AvgIpc) is 2.73. The number of carbonyl (C=O) groups excluding carboxylic acids is 3. The molecule has 7 nitrogen and oxygen atoms in total. The van der Waals surface area contributed by atoms with Crippen molar-refractivity contribution in [2.24, 2.45) is 0 Å². The Bertz CT molecular complexity index is 644. The Kier molecular flexibility index (Phi) is 4.80. The van der Waals surface area contributed by atoms with Crippen molar-refractivity contribution < 1.29 is 19.1 Å². The molecule has 0 aliphatic carbocycles. The number of nitrogens with one attached hydrogen (secondary N) is 2. The smallest absolute Gasteiger partial charge is 0.251 e. The van der Waals surface area contributed by atoms with Gasteiger partial charge < -0.3 is 10.1 Å². The van der Waals surface area contributed by atoms with Crippen LogP contribution >= 0.6 is 0 Å². The second-order valence-electron chi connectivity index (χ2n) is 6.05. The Balaban J connectivity index is 1.70. The molecule has 0 unspecified atom stereocenters. The van der Waals surface area contributed by atoms with E-state index in [0.29, 0.717) is 17.9 Å². The zero-order valence-electron chi connectivity index (χ0n) is 13.6. The highest BCUT2D eigenvalue weighted by atomic mass is 16.5. The molecule has 2 fully saturated rings. The molecule has 2 N–H and O–H groups in total. The summed E-state index contributed by atoms with van der Waals surface area (Å²) in [6.07, 6.45) is 2.85. The highest BCUT2D eigenvalue weighted by Gasteiger charge is 2.40. The summed E-state index contributed by atoms with van der Waals surface area (Å²) >= 11 is 0. The fourth-order valence-corrected chi connectivity index (χ4v) is 3.11. The maximum atomic E-state index is 12.6. The monoisotopic (exact) mass is 331 g/mol. The first-order valence-corrected chi connectivity index (χ1v) is 8.15. The van der Waals surface area contributed by atoms with Crippen molar-refractivity contribution in [3.63, 3.8) is 0 Å². The minimum absolute atomic E-state index is 0.0196. The number of ether oxygens (including phenoxy) is 1. The molecule has 3 rings (SSSR count). The van der Waals surface area contributed by atoms with Gasteiger partial charge >= 0.3 is 0 Å². The Morgan fingerprint density at radius 2 is 1.92 bits per heavy atom. The molecule has 3 amide bonds. The lowest BCUT2D eigenvalue weighted by Crippen LogP contribution is -2.51. The molecule has 0 aromatic heterocycles. The van der Waals surface area contributed by atoms with Crippen LogP contribution < -0.4 is 20.3 Å². The molecule has 0 spiro atoms. The van der Waals surface area contributed by atoms with Gasteiger partial charge in [0.15, 0.2) is 0 Å². The van der Waals surface area contributed by atoms with E-state index in [4.69, 9.17) is 4.74 Å². The largest absolute Gasteiger partial charge is 0.497 e. The van der Waals surface area contributed by atoms with E-state index in [1.807, 2.05) is 0 Å². The number of anilines is 1. The topological polar surface area (TPSA) is 87.7 Å². The first-order valence-electron chi connectivity index (χ1n) is 8.15. The zero-order chi connectivity index (χ0) is 17.1. The fraction of sp³-hybridized carbons (Fsp3) is 0.471. The molecule has 2 saturated heterocycles. The molecule has 0 saturated carbocycles. The summed E-state index contributed by atoms with van der Waals surface area (Å²) in [7, 11) is 1.56. The molecule has 0 bridgehead atoms. The van der Waals surface area contributed by atoms with E-state index in [1.165, 1.54) is 4.90 Å². The molecule has 1 aromatic rings. The van der Waals surface area contributed by atoms with Crippen LogP contribution in [-0.4, -0.2) is 37.0 Å². The number of carbonyl (C=O) groups is 3. The standard InChI is InChI=1S/C17H21N3O4/c1-24-12-8-6-11(7-9-12)20-16(22)10-13(17(20)23)18-14-4-2-3-5-15(21)19-14/h6-9,13-14,18H,2-5,10H2,1H3,(H,19,21)/t13-,14+/m0/s1. The van der Waals surface area contributed by atoms with Gasteiger partial charge in [-0.2, -0.15) is 0 Å². The van der Waals surface area contributed by atoms with Crippen molar-refractivity contribution in [1.29, 1.82) is 0 Å². The predicted octanol–water partition coefficient (Wildman–Crippen LogP) is 0.933. The van der Waals surface area contributed by atoms with Crippen LogP contribution in [0.15, 0.2) is 24.3 Å². The quantitative estimate of drug-likeness (QED) is 0.802. The van der Waals surface area contributed by atoms with Gasteiger partial charge in [0.2, 0.25) is 11.8 Å². The van der Waals surface area contributed by atoms with Crippen LogP contribution in [0.1, 0.15) is 32.1 Å². The lowest BCUT2D eigenvalue weighted by Gasteiger charge is -2.21. The molecule has 2 aliphatic rings. The molecule has 7 heteroatoms. The Morgan fingerprint density at radius 1 is 1.17 bits per heavy atom. The summed E-state index contributed by atoms with van der Waals surface area (Å²) in [5.74, 6) is 0.105. The maximum Gasteiger partial charge on any atom is 0.251 e. The van der Waals surface area contributed by atoms with Crippen molar-refractivity contribution in [3.05, 3.63) is 24.3 Å². The SMILES string of the molecule is COc1ccc(N2C(=O)C[C@H](N[C@H]3CCCCC(=O)N3)C2=O)cc1. The van der Waals surface area contributed by atoms with Crippen LogP contribution in [0.2, 0.25) is 0 Å². The third kappa shape index (κ3) is 3.41. The summed E-state index contributed by atoms with van der Waals surface area (Å²) in [6.45, 7) is 0. The number of rotatable bonds is 4. The van der Waals surface area contributed by atoms with Gasteiger partial charge in [-0.25, -0.2) is 4.90 Å². The van der Waals surface area contributed by atoms with Crippen molar-refractivity contribution in [2.45, 2.75) is 44.3 Å². The number of amides is 3. The summed E-state index contributed by atoms with van der Waals surface area (Å²) < 4.78 is 5.09. The zero-order valence-corrected chi connectivity index (χ0v) is 13.6. The molecule has 2 heterocycles. The first-order chi connectivity index (χ1) is 11.6.